The molecule has 1 aliphatic heterocycles. The Labute approximate surface area is 114 Å². The molecule has 1 fully saturated rings. The Bertz CT molecular complexity index is 407. The molecule has 1 aromatic carbocycles. The number of carboxylic acids is 1. The van der Waals surface area contributed by atoms with Crippen LogP contribution >= 0.6 is 0 Å². The highest BCUT2D eigenvalue weighted by atomic mass is 16.5. The van der Waals surface area contributed by atoms with Crippen LogP contribution in [0.25, 0.3) is 0 Å². The van der Waals surface area contributed by atoms with Gasteiger partial charge in [-0.15, -0.1) is 0 Å². The van der Waals surface area contributed by atoms with Crippen LogP contribution in [0.3, 0.4) is 0 Å². The number of nitrogens with zero attached hydrogens (tertiary/aromatic N) is 1. The summed E-state index contributed by atoms with van der Waals surface area (Å²) in [5, 5.41) is 9.14. The first-order valence-corrected chi connectivity index (χ1v) is 6.74. The predicted octanol–water partition coefficient (Wildman–Crippen LogP) is 2.31. The van der Waals surface area contributed by atoms with Crippen LogP contribution in [-0.4, -0.2) is 42.3 Å². The molecule has 104 valence electrons. The lowest BCUT2D eigenvalue weighted by molar-refractivity contribution is -0.139. The number of ether oxygens (including phenoxy) is 1. The predicted molar refractivity (Wildman–Crippen MR) is 73.0 cm³/mol. The molecule has 2 atom stereocenters. The summed E-state index contributed by atoms with van der Waals surface area (Å²) in [6, 6.07) is 9.82. The van der Waals surface area contributed by atoms with Crippen molar-refractivity contribution in [3.05, 3.63) is 35.9 Å². The van der Waals surface area contributed by atoms with E-state index >= 15 is 0 Å². The van der Waals surface area contributed by atoms with E-state index in [1.54, 1.807) is 7.11 Å². The fourth-order valence-corrected chi connectivity index (χ4v) is 2.74. The van der Waals surface area contributed by atoms with Gasteiger partial charge in [-0.2, -0.15) is 0 Å². The molecule has 0 spiro atoms. The third kappa shape index (κ3) is 3.78. The van der Waals surface area contributed by atoms with E-state index in [9.17, 15) is 4.79 Å². The second kappa shape index (κ2) is 6.68. The fourth-order valence-electron chi connectivity index (χ4n) is 2.74. The summed E-state index contributed by atoms with van der Waals surface area (Å²) < 4.78 is 5.42. The molecule has 4 nitrogen and oxygen atoms in total. The first kappa shape index (κ1) is 14.0. The third-order valence-electron chi connectivity index (χ3n) is 3.74. The summed E-state index contributed by atoms with van der Waals surface area (Å²) in [5.74, 6) is -0.756. The first-order valence-electron chi connectivity index (χ1n) is 6.74. The second-order valence-electron chi connectivity index (χ2n) is 5.02. The summed E-state index contributed by atoms with van der Waals surface area (Å²) in [6.07, 6.45) is 2.47. The number of carbonyl (C=O) groups is 1. The molecule has 0 aromatic heterocycles. The molecule has 0 aliphatic carbocycles. The number of rotatable bonds is 5. The van der Waals surface area contributed by atoms with Crippen LogP contribution in [0.5, 0.6) is 0 Å². The summed E-state index contributed by atoms with van der Waals surface area (Å²) in [5.41, 5.74) is 1.07. The van der Waals surface area contributed by atoms with Crippen LogP contribution in [0.2, 0.25) is 0 Å². The van der Waals surface area contributed by atoms with E-state index in [1.165, 1.54) is 0 Å². The SMILES string of the molecule is COC1CCCN(C(CC(=O)O)c2ccccc2)C1. The van der Waals surface area contributed by atoms with Crippen LogP contribution in [-0.2, 0) is 9.53 Å². The standard InChI is InChI=1S/C15H21NO3/c1-19-13-8-5-9-16(11-13)14(10-15(17)18)12-6-3-2-4-7-12/h2-4,6-7,13-14H,5,8-11H2,1H3,(H,17,18). The molecule has 19 heavy (non-hydrogen) atoms. The molecule has 2 rings (SSSR count). The minimum atomic E-state index is -0.756. The molecule has 1 saturated heterocycles. The van der Waals surface area contributed by atoms with Crippen molar-refractivity contribution in [2.24, 2.45) is 0 Å². The van der Waals surface area contributed by atoms with E-state index < -0.39 is 5.97 Å². The molecule has 1 aromatic rings. The van der Waals surface area contributed by atoms with Crippen molar-refractivity contribution in [1.82, 2.24) is 4.90 Å². The van der Waals surface area contributed by atoms with E-state index in [-0.39, 0.29) is 18.6 Å². The van der Waals surface area contributed by atoms with E-state index in [1.807, 2.05) is 30.3 Å². The molecule has 1 heterocycles. The smallest absolute Gasteiger partial charge is 0.305 e. The van der Waals surface area contributed by atoms with Crippen LogP contribution < -0.4 is 0 Å². The Morgan fingerprint density at radius 3 is 2.84 bits per heavy atom. The summed E-state index contributed by atoms with van der Waals surface area (Å²) in [7, 11) is 1.73. The van der Waals surface area contributed by atoms with Crippen molar-refractivity contribution in [1.29, 1.82) is 0 Å². The minimum Gasteiger partial charge on any atom is -0.481 e. The Kier molecular flexibility index (Phi) is 4.93. The zero-order chi connectivity index (χ0) is 13.7. The van der Waals surface area contributed by atoms with Gasteiger partial charge in [0, 0.05) is 19.7 Å². The molecule has 1 aliphatic rings. The maximum Gasteiger partial charge on any atom is 0.305 e. The third-order valence-corrected chi connectivity index (χ3v) is 3.74. The Balaban J connectivity index is 2.15. The molecule has 1 N–H and O–H groups in total. The first-order chi connectivity index (χ1) is 9.20. The van der Waals surface area contributed by atoms with E-state index in [2.05, 4.69) is 4.90 Å². The Morgan fingerprint density at radius 2 is 2.21 bits per heavy atom. The zero-order valence-corrected chi connectivity index (χ0v) is 11.3. The molecule has 4 heteroatoms. The number of hydrogen-bond acceptors (Lipinski definition) is 3. The number of carboxylic acid groups (broad SMARTS) is 1. The van der Waals surface area contributed by atoms with Crippen molar-refractivity contribution in [2.45, 2.75) is 31.4 Å². The van der Waals surface area contributed by atoms with E-state index in [0.29, 0.717) is 0 Å². The largest absolute Gasteiger partial charge is 0.481 e. The molecule has 0 saturated carbocycles. The molecular weight excluding hydrogens is 242 g/mol. The Hall–Kier alpha value is -1.39. The fraction of sp³-hybridized carbons (Fsp3) is 0.533. The number of methoxy groups -OCH3 is 1. The lowest BCUT2D eigenvalue weighted by Crippen LogP contribution is -2.42. The quantitative estimate of drug-likeness (QED) is 0.885. The lowest BCUT2D eigenvalue weighted by atomic mass is 9.98. The van der Waals surface area contributed by atoms with Gasteiger partial charge < -0.3 is 9.84 Å². The van der Waals surface area contributed by atoms with Crippen LogP contribution in [0, 0.1) is 0 Å². The second-order valence-corrected chi connectivity index (χ2v) is 5.02. The van der Waals surface area contributed by atoms with Crippen molar-refractivity contribution in [2.75, 3.05) is 20.2 Å². The van der Waals surface area contributed by atoms with Gasteiger partial charge in [0.1, 0.15) is 0 Å². The van der Waals surface area contributed by atoms with Crippen LogP contribution in [0.15, 0.2) is 30.3 Å². The molecule has 0 amide bonds. The average molecular weight is 263 g/mol. The normalized spacial score (nSPS) is 22.1. The molecular formula is C15H21NO3. The number of hydrogen-bond donors (Lipinski definition) is 1. The van der Waals surface area contributed by atoms with Gasteiger partial charge in [0.15, 0.2) is 0 Å². The van der Waals surface area contributed by atoms with E-state index in [4.69, 9.17) is 9.84 Å². The number of aliphatic carboxylic acids is 1. The average Bonchev–Trinajstić information content (AvgIpc) is 2.45. The molecule has 0 bridgehead atoms. The van der Waals surface area contributed by atoms with E-state index in [0.717, 1.165) is 31.5 Å². The Morgan fingerprint density at radius 1 is 1.47 bits per heavy atom. The maximum atomic E-state index is 11.1. The van der Waals surface area contributed by atoms with Gasteiger partial charge in [-0.25, -0.2) is 0 Å². The lowest BCUT2D eigenvalue weighted by Gasteiger charge is -2.37. The molecule has 2 unspecified atom stereocenters. The number of benzene rings is 1. The minimum absolute atomic E-state index is 0.0587. The monoisotopic (exact) mass is 263 g/mol. The van der Waals surface area contributed by atoms with Crippen LogP contribution in [0.4, 0.5) is 0 Å². The van der Waals surface area contributed by atoms with Gasteiger partial charge in [0.25, 0.3) is 0 Å². The van der Waals surface area contributed by atoms with Gasteiger partial charge in [-0.3, -0.25) is 9.69 Å². The number of likely N-dealkylation sites (tertiary alicyclic amines) is 1. The van der Waals surface area contributed by atoms with Crippen molar-refractivity contribution in [3.8, 4) is 0 Å². The van der Waals surface area contributed by atoms with Crippen molar-refractivity contribution < 1.29 is 14.6 Å². The highest BCUT2D eigenvalue weighted by Crippen LogP contribution is 2.28. The van der Waals surface area contributed by atoms with Crippen molar-refractivity contribution >= 4 is 5.97 Å². The highest BCUT2D eigenvalue weighted by Gasteiger charge is 2.28. The maximum absolute atomic E-state index is 11.1. The topological polar surface area (TPSA) is 49.8 Å². The summed E-state index contributed by atoms with van der Waals surface area (Å²) >= 11 is 0. The van der Waals surface area contributed by atoms with Gasteiger partial charge in [-0.1, -0.05) is 30.3 Å². The highest BCUT2D eigenvalue weighted by molar-refractivity contribution is 5.68. The van der Waals surface area contributed by atoms with Crippen LogP contribution in [0.1, 0.15) is 30.9 Å². The summed E-state index contributed by atoms with van der Waals surface area (Å²) in [6.45, 7) is 1.75. The van der Waals surface area contributed by atoms with Gasteiger partial charge in [0.05, 0.1) is 12.5 Å². The van der Waals surface area contributed by atoms with Gasteiger partial charge >= 0.3 is 5.97 Å². The number of piperidine rings is 1. The van der Waals surface area contributed by atoms with Gasteiger partial charge in [0.2, 0.25) is 0 Å². The zero-order valence-electron chi connectivity index (χ0n) is 11.3. The van der Waals surface area contributed by atoms with Gasteiger partial charge in [-0.05, 0) is 24.9 Å². The summed E-state index contributed by atoms with van der Waals surface area (Å²) in [4.78, 5) is 13.4. The van der Waals surface area contributed by atoms with Crippen molar-refractivity contribution in [3.63, 3.8) is 0 Å². The molecule has 0 radical (unpaired) electrons.